The molecular weight excluding hydrogens is 252 g/mol. The van der Waals surface area contributed by atoms with E-state index in [2.05, 4.69) is 10.2 Å². The molecule has 0 saturated carbocycles. The predicted molar refractivity (Wildman–Crippen MR) is 69.6 cm³/mol. The molecule has 18 heavy (non-hydrogen) atoms. The van der Waals surface area contributed by atoms with Crippen LogP contribution in [0.3, 0.4) is 0 Å². The van der Waals surface area contributed by atoms with Crippen LogP contribution in [0.2, 0.25) is 0 Å². The van der Waals surface area contributed by atoms with Crippen molar-refractivity contribution >= 4 is 11.8 Å². The molecule has 2 aromatic rings. The molecule has 7 heteroatoms. The molecule has 0 bridgehead atoms. The van der Waals surface area contributed by atoms with E-state index < -0.39 is 0 Å². The van der Waals surface area contributed by atoms with Gasteiger partial charge in [0.15, 0.2) is 5.16 Å². The molecule has 2 rings (SSSR count). The van der Waals surface area contributed by atoms with E-state index in [0.717, 1.165) is 11.5 Å². The van der Waals surface area contributed by atoms with E-state index in [9.17, 15) is 4.79 Å². The Hall–Kier alpha value is -1.47. The molecule has 2 aromatic heterocycles. The maximum atomic E-state index is 11.5. The van der Waals surface area contributed by atoms with E-state index >= 15 is 0 Å². The van der Waals surface area contributed by atoms with Crippen molar-refractivity contribution in [1.29, 1.82) is 0 Å². The Morgan fingerprint density at radius 2 is 2.39 bits per heavy atom. The van der Waals surface area contributed by atoms with Crippen molar-refractivity contribution in [3.05, 3.63) is 34.1 Å². The van der Waals surface area contributed by atoms with E-state index in [-0.39, 0.29) is 10.9 Å². The highest BCUT2D eigenvalue weighted by atomic mass is 32.2. The lowest BCUT2D eigenvalue weighted by atomic mass is 10.3. The van der Waals surface area contributed by atoms with E-state index in [1.165, 1.54) is 11.8 Å². The van der Waals surface area contributed by atoms with Crippen LogP contribution in [0.5, 0.6) is 0 Å². The third-order valence-electron chi connectivity index (χ3n) is 2.58. The van der Waals surface area contributed by atoms with Crippen LogP contribution in [-0.2, 0) is 6.54 Å². The first-order chi connectivity index (χ1) is 8.65. The standard InChI is InChI=1S/C11H16N4O2S/c1-3-15-10(16)13-14-11(15)18-9(6-12)8-5-4-7(2)17-8/h4-5,9H,3,6,12H2,1-2H3,(H,13,16). The summed E-state index contributed by atoms with van der Waals surface area (Å²) in [5, 5.41) is 7.03. The van der Waals surface area contributed by atoms with Crippen molar-refractivity contribution in [1.82, 2.24) is 14.8 Å². The zero-order valence-electron chi connectivity index (χ0n) is 10.3. The number of nitrogens with zero attached hydrogens (tertiary/aromatic N) is 2. The summed E-state index contributed by atoms with van der Waals surface area (Å²) >= 11 is 1.43. The van der Waals surface area contributed by atoms with Crippen molar-refractivity contribution in [2.75, 3.05) is 6.54 Å². The smallest absolute Gasteiger partial charge is 0.343 e. The molecule has 1 atom stereocenters. The summed E-state index contributed by atoms with van der Waals surface area (Å²) in [5.41, 5.74) is 5.55. The average Bonchev–Trinajstić information content (AvgIpc) is 2.92. The Bertz CT molecular complexity index is 572. The molecule has 0 amide bonds. The minimum atomic E-state index is -0.202. The van der Waals surface area contributed by atoms with Gasteiger partial charge in [-0.1, -0.05) is 11.8 Å². The maximum absolute atomic E-state index is 11.5. The number of hydrogen-bond donors (Lipinski definition) is 2. The largest absolute Gasteiger partial charge is 0.465 e. The fourth-order valence-corrected chi connectivity index (χ4v) is 2.68. The number of H-pyrrole nitrogens is 1. The van der Waals surface area contributed by atoms with Crippen LogP contribution in [0.25, 0.3) is 0 Å². The van der Waals surface area contributed by atoms with Gasteiger partial charge in [0.05, 0.1) is 5.25 Å². The zero-order valence-corrected chi connectivity index (χ0v) is 11.2. The van der Waals surface area contributed by atoms with E-state index in [0.29, 0.717) is 18.2 Å². The van der Waals surface area contributed by atoms with Gasteiger partial charge in [-0.3, -0.25) is 4.57 Å². The normalized spacial score (nSPS) is 12.8. The highest BCUT2D eigenvalue weighted by Gasteiger charge is 2.19. The maximum Gasteiger partial charge on any atom is 0.343 e. The first-order valence-corrected chi connectivity index (χ1v) is 6.62. The third kappa shape index (κ3) is 2.51. The number of aryl methyl sites for hydroxylation is 1. The van der Waals surface area contributed by atoms with Crippen molar-refractivity contribution < 1.29 is 4.42 Å². The Balaban J connectivity index is 2.23. The summed E-state index contributed by atoms with van der Waals surface area (Å²) < 4.78 is 7.14. The number of nitrogens with two attached hydrogens (primary N) is 1. The number of aromatic nitrogens is 3. The van der Waals surface area contributed by atoms with Gasteiger partial charge in [0, 0.05) is 13.1 Å². The Labute approximate surface area is 109 Å². The molecule has 0 aliphatic heterocycles. The minimum Gasteiger partial charge on any atom is -0.465 e. The predicted octanol–water partition coefficient (Wildman–Crippen LogP) is 1.28. The average molecular weight is 268 g/mol. The Morgan fingerprint density at radius 3 is 2.94 bits per heavy atom. The van der Waals surface area contributed by atoms with Crippen LogP contribution in [0, 0.1) is 6.92 Å². The number of hydrogen-bond acceptors (Lipinski definition) is 5. The van der Waals surface area contributed by atoms with Gasteiger partial charge in [-0.2, -0.15) is 0 Å². The molecule has 3 N–H and O–H groups in total. The second-order valence-electron chi connectivity index (χ2n) is 3.85. The van der Waals surface area contributed by atoms with Crippen LogP contribution in [0.1, 0.15) is 23.7 Å². The Morgan fingerprint density at radius 1 is 1.61 bits per heavy atom. The quantitative estimate of drug-likeness (QED) is 0.797. The summed E-state index contributed by atoms with van der Waals surface area (Å²) in [6, 6.07) is 3.80. The van der Waals surface area contributed by atoms with Crippen LogP contribution in [0.15, 0.2) is 26.5 Å². The highest BCUT2D eigenvalue weighted by Crippen LogP contribution is 2.33. The summed E-state index contributed by atoms with van der Waals surface area (Å²) in [7, 11) is 0. The summed E-state index contributed by atoms with van der Waals surface area (Å²) in [6.07, 6.45) is 0. The number of aromatic amines is 1. The first kappa shape index (κ1) is 13.0. The lowest BCUT2D eigenvalue weighted by Crippen LogP contribution is -2.17. The van der Waals surface area contributed by atoms with Crippen molar-refractivity contribution in [2.24, 2.45) is 5.73 Å². The molecule has 0 spiro atoms. The van der Waals surface area contributed by atoms with Gasteiger partial charge in [0.2, 0.25) is 0 Å². The highest BCUT2D eigenvalue weighted by molar-refractivity contribution is 7.99. The number of nitrogens with one attached hydrogen (secondary N) is 1. The molecule has 0 radical (unpaired) electrons. The van der Waals surface area contributed by atoms with E-state index in [1.807, 2.05) is 26.0 Å². The first-order valence-electron chi connectivity index (χ1n) is 5.74. The van der Waals surface area contributed by atoms with Gasteiger partial charge >= 0.3 is 5.69 Å². The van der Waals surface area contributed by atoms with Crippen molar-refractivity contribution in [2.45, 2.75) is 30.8 Å². The van der Waals surface area contributed by atoms with Crippen LogP contribution in [-0.4, -0.2) is 21.3 Å². The summed E-state index contributed by atoms with van der Waals surface area (Å²) in [6.45, 7) is 4.78. The molecule has 6 nitrogen and oxygen atoms in total. The summed E-state index contributed by atoms with van der Waals surface area (Å²) in [4.78, 5) is 11.5. The van der Waals surface area contributed by atoms with Crippen LogP contribution in [0.4, 0.5) is 0 Å². The van der Waals surface area contributed by atoms with Crippen LogP contribution < -0.4 is 11.4 Å². The van der Waals surface area contributed by atoms with Gasteiger partial charge in [0.25, 0.3) is 0 Å². The lowest BCUT2D eigenvalue weighted by Gasteiger charge is -2.11. The molecule has 2 heterocycles. The monoisotopic (exact) mass is 268 g/mol. The number of furan rings is 1. The second-order valence-corrected chi connectivity index (χ2v) is 5.02. The summed E-state index contributed by atoms with van der Waals surface area (Å²) in [5.74, 6) is 1.65. The molecular formula is C11H16N4O2S. The molecule has 0 aromatic carbocycles. The number of rotatable bonds is 5. The van der Waals surface area contributed by atoms with Gasteiger partial charge in [-0.15, -0.1) is 5.10 Å². The van der Waals surface area contributed by atoms with Crippen molar-refractivity contribution in [3.63, 3.8) is 0 Å². The molecule has 0 saturated heterocycles. The van der Waals surface area contributed by atoms with Gasteiger partial charge in [-0.05, 0) is 26.0 Å². The zero-order chi connectivity index (χ0) is 13.1. The second kappa shape index (κ2) is 5.45. The fraction of sp³-hybridized carbons (Fsp3) is 0.455. The molecule has 0 aliphatic rings. The topological polar surface area (TPSA) is 89.8 Å². The van der Waals surface area contributed by atoms with E-state index in [4.69, 9.17) is 10.2 Å². The third-order valence-corrected chi connectivity index (χ3v) is 3.81. The molecule has 0 aliphatic carbocycles. The fourth-order valence-electron chi connectivity index (χ4n) is 1.65. The molecule has 98 valence electrons. The molecule has 1 unspecified atom stereocenters. The number of thioether (sulfide) groups is 1. The molecule has 0 fully saturated rings. The van der Waals surface area contributed by atoms with Gasteiger partial charge in [0.1, 0.15) is 11.5 Å². The Kier molecular flexibility index (Phi) is 3.93. The SMILES string of the molecule is CCn1c(SC(CN)c2ccc(C)o2)n[nH]c1=O. The minimum absolute atomic E-state index is 0.0424. The van der Waals surface area contributed by atoms with Crippen LogP contribution >= 0.6 is 11.8 Å². The van der Waals surface area contributed by atoms with Gasteiger partial charge in [-0.25, -0.2) is 9.89 Å². The van der Waals surface area contributed by atoms with Crippen molar-refractivity contribution in [3.8, 4) is 0 Å². The van der Waals surface area contributed by atoms with E-state index in [1.54, 1.807) is 4.57 Å². The van der Waals surface area contributed by atoms with Gasteiger partial charge < -0.3 is 10.2 Å². The lowest BCUT2D eigenvalue weighted by molar-refractivity contribution is 0.480.